The number of amides is 2. The van der Waals surface area contributed by atoms with Gasteiger partial charge in [-0.1, -0.05) is 0 Å². The fourth-order valence-electron chi connectivity index (χ4n) is 2.57. The number of nitrogens with one attached hydrogen (secondary N) is 1. The number of aliphatic hydroxyl groups is 1. The van der Waals surface area contributed by atoms with Crippen LogP contribution in [-0.2, 0) is 4.79 Å². The lowest BCUT2D eigenvalue weighted by Crippen LogP contribution is -2.51. The summed E-state index contributed by atoms with van der Waals surface area (Å²) in [6, 6.07) is 0.0678. The maximum Gasteiger partial charge on any atom is 0.318 e. The van der Waals surface area contributed by atoms with Gasteiger partial charge in [0.25, 0.3) is 0 Å². The minimum Gasteiger partial charge on any atom is -0.481 e. The van der Waals surface area contributed by atoms with E-state index in [0.717, 1.165) is 25.8 Å². The molecule has 116 valence electrons. The zero-order chi connectivity index (χ0) is 15.2. The Morgan fingerprint density at radius 3 is 2.70 bits per heavy atom. The largest absolute Gasteiger partial charge is 0.481 e. The number of carbonyl (C=O) groups is 2. The van der Waals surface area contributed by atoms with E-state index in [-0.39, 0.29) is 25.1 Å². The second-order valence-electron chi connectivity index (χ2n) is 6.06. The van der Waals surface area contributed by atoms with E-state index in [2.05, 4.69) is 5.32 Å². The standard InChI is InChI=1S/C14H26N2O4/c1-14(2,8-7-12(18)19)15-13(20)16-9-3-5-11(16)6-4-10-17/h11,17H,3-10H2,1-2H3,(H,15,20)(H,18,19). The zero-order valence-electron chi connectivity index (χ0n) is 12.4. The maximum absolute atomic E-state index is 12.3. The Kier molecular flexibility index (Phi) is 6.26. The van der Waals surface area contributed by atoms with Gasteiger partial charge in [0.2, 0.25) is 0 Å². The monoisotopic (exact) mass is 286 g/mol. The van der Waals surface area contributed by atoms with Crippen molar-refractivity contribution in [3.63, 3.8) is 0 Å². The third kappa shape index (κ3) is 5.36. The molecule has 0 aliphatic carbocycles. The number of nitrogens with zero attached hydrogens (tertiary/aromatic N) is 1. The van der Waals surface area contributed by atoms with E-state index < -0.39 is 11.5 Å². The Hall–Kier alpha value is -1.30. The van der Waals surface area contributed by atoms with Gasteiger partial charge in [0, 0.05) is 31.2 Å². The molecule has 0 aromatic rings. The molecule has 2 amide bonds. The van der Waals surface area contributed by atoms with Gasteiger partial charge >= 0.3 is 12.0 Å². The second kappa shape index (κ2) is 7.47. The third-order valence-electron chi connectivity index (χ3n) is 3.74. The van der Waals surface area contributed by atoms with Gasteiger partial charge in [0.1, 0.15) is 0 Å². The molecule has 1 saturated heterocycles. The van der Waals surface area contributed by atoms with E-state index in [0.29, 0.717) is 12.8 Å². The number of aliphatic carboxylic acids is 1. The summed E-state index contributed by atoms with van der Waals surface area (Å²) in [5, 5.41) is 20.5. The molecule has 0 bridgehead atoms. The molecule has 1 rings (SSSR count). The number of carbonyl (C=O) groups excluding carboxylic acids is 1. The van der Waals surface area contributed by atoms with Crippen LogP contribution < -0.4 is 5.32 Å². The lowest BCUT2D eigenvalue weighted by atomic mass is 9.98. The van der Waals surface area contributed by atoms with Crippen molar-refractivity contribution in [1.82, 2.24) is 10.2 Å². The lowest BCUT2D eigenvalue weighted by Gasteiger charge is -2.31. The van der Waals surface area contributed by atoms with Crippen LogP contribution in [0.4, 0.5) is 4.79 Å². The van der Waals surface area contributed by atoms with Crippen LogP contribution in [0.3, 0.4) is 0 Å². The van der Waals surface area contributed by atoms with Crippen molar-refractivity contribution in [3.05, 3.63) is 0 Å². The summed E-state index contributed by atoms with van der Waals surface area (Å²) in [4.78, 5) is 24.7. The van der Waals surface area contributed by atoms with Gasteiger partial charge < -0.3 is 20.4 Å². The van der Waals surface area contributed by atoms with Crippen LogP contribution in [0.1, 0.15) is 52.4 Å². The molecular formula is C14H26N2O4. The first-order valence-corrected chi connectivity index (χ1v) is 7.27. The summed E-state index contributed by atoms with van der Waals surface area (Å²) >= 11 is 0. The van der Waals surface area contributed by atoms with Crippen LogP contribution >= 0.6 is 0 Å². The molecule has 3 N–H and O–H groups in total. The fraction of sp³-hybridized carbons (Fsp3) is 0.857. The molecule has 0 saturated carbocycles. The van der Waals surface area contributed by atoms with Gasteiger partial charge in [-0.25, -0.2) is 4.79 Å². The molecule has 0 aromatic carbocycles. The molecule has 6 nitrogen and oxygen atoms in total. The summed E-state index contributed by atoms with van der Waals surface area (Å²) in [6.07, 6.45) is 3.93. The minimum absolute atomic E-state index is 0.0429. The van der Waals surface area contributed by atoms with Crippen LogP contribution in [-0.4, -0.2) is 51.8 Å². The number of likely N-dealkylation sites (tertiary alicyclic amines) is 1. The van der Waals surface area contributed by atoms with E-state index in [9.17, 15) is 9.59 Å². The number of aliphatic hydroxyl groups excluding tert-OH is 1. The molecule has 1 aliphatic rings. The highest BCUT2D eigenvalue weighted by Gasteiger charge is 2.31. The van der Waals surface area contributed by atoms with Crippen molar-refractivity contribution < 1.29 is 19.8 Å². The van der Waals surface area contributed by atoms with E-state index in [4.69, 9.17) is 10.2 Å². The van der Waals surface area contributed by atoms with Gasteiger partial charge in [0.05, 0.1) is 0 Å². The Labute approximate surface area is 120 Å². The smallest absolute Gasteiger partial charge is 0.318 e. The summed E-state index contributed by atoms with van der Waals surface area (Å²) in [6.45, 7) is 4.56. The number of hydrogen-bond acceptors (Lipinski definition) is 3. The highest BCUT2D eigenvalue weighted by Crippen LogP contribution is 2.22. The van der Waals surface area contributed by atoms with Crippen molar-refractivity contribution in [3.8, 4) is 0 Å². The van der Waals surface area contributed by atoms with Crippen molar-refractivity contribution in [2.24, 2.45) is 0 Å². The topological polar surface area (TPSA) is 89.9 Å². The molecule has 0 radical (unpaired) electrons. The van der Waals surface area contributed by atoms with Crippen LogP contribution in [0, 0.1) is 0 Å². The molecule has 1 unspecified atom stereocenters. The van der Waals surface area contributed by atoms with Crippen LogP contribution in [0.5, 0.6) is 0 Å². The molecule has 1 fully saturated rings. The van der Waals surface area contributed by atoms with Crippen LogP contribution in [0.2, 0.25) is 0 Å². The van der Waals surface area contributed by atoms with Gasteiger partial charge in [0.15, 0.2) is 0 Å². The predicted molar refractivity (Wildman–Crippen MR) is 75.5 cm³/mol. The van der Waals surface area contributed by atoms with Crippen molar-refractivity contribution >= 4 is 12.0 Å². The molecule has 6 heteroatoms. The number of urea groups is 1. The number of rotatable bonds is 7. The summed E-state index contributed by atoms with van der Waals surface area (Å²) in [5.74, 6) is -0.852. The summed E-state index contributed by atoms with van der Waals surface area (Å²) < 4.78 is 0. The predicted octanol–water partition coefficient (Wildman–Crippen LogP) is 1.58. The normalized spacial score (nSPS) is 19.1. The first-order valence-electron chi connectivity index (χ1n) is 7.27. The molecule has 1 aliphatic heterocycles. The van der Waals surface area contributed by atoms with Crippen LogP contribution in [0.25, 0.3) is 0 Å². The Morgan fingerprint density at radius 2 is 2.10 bits per heavy atom. The molecule has 20 heavy (non-hydrogen) atoms. The first kappa shape index (κ1) is 16.8. The molecular weight excluding hydrogens is 260 g/mol. The van der Waals surface area contributed by atoms with Gasteiger partial charge in [-0.05, 0) is 46.0 Å². The van der Waals surface area contributed by atoms with E-state index in [1.165, 1.54) is 0 Å². The summed E-state index contributed by atoms with van der Waals surface area (Å²) in [7, 11) is 0. The number of carboxylic acids is 1. The third-order valence-corrected chi connectivity index (χ3v) is 3.74. The Bertz CT molecular complexity index is 344. The van der Waals surface area contributed by atoms with E-state index in [1.807, 2.05) is 18.7 Å². The maximum atomic E-state index is 12.3. The number of hydrogen-bond donors (Lipinski definition) is 3. The molecule has 1 atom stereocenters. The molecule has 1 heterocycles. The molecule has 0 aromatic heterocycles. The highest BCUT2D eigenvalue weighted by molar-refractivity contribution is 5.76. The van der Waals surface area contributed by atoms with Gasteiger partial charge in [-0.15, -0.1) is 0 Å². The van der Waals surface area contributed by atoms with Crippen LogP contribution in [0.15, 0.2) is 0 Å². The van der Waals surface area contributed by atoms with Gasteiger partial charge in [-0.3, -0.25) is 4.79 Å². The fourth-order valence-corrected chi connectivity index (χ4v) is 2.57. The van der Waals surface area contributed by atoms with Crippen molar-refractivity contribution in [2.45, 2.75) is 64.0 Å². The first-order chi connectivity index (χ1) is 9.35. The minimum atomic E-state index is -0.852. The average molecular weight is 286 g/mol. The number of carboxylic acid groups (broad SMARTS) is 1. The Balaban J connectivity index is 2.49. The Morgan fingerprint density at radius 1 is 1.40 bits per heavy atom. The molecule has 0 spiro atoms. The zero-order valence-corrected chi connectivity index (χ0v) is 12.4. The lowest BCUT2D eigenvalue weighted by molar-refractivity contribution is -0.137. The van der Waals surface area contributed by atoms with Crippen molar-refractivity contribution in [2.75, 3.05) is 13.2 Å². The average Bonchev–Trinajstić information content (AvgIpc) is 2.82. The quantitative estimate of drug-likeness (QED) is 0.662. The van der Waals surface area contributed by atoms with E-state index in [1.54, 1.807) is 0 Å². The van der Waals surface area contributed by atoms with Gasteiger partial charge in [-0.2, -0.15) is 0 Å². The highest BCUT2D eigenvalue weighted by atomic mass is 16.4. The summed E-state index contributed by atoms with van der Waals surface area (Å²) in [5.41, 5.74) is -0.528. The SMILES string of the molecule is CC(C)(CCC(=O)O)NC(=O)N1CCCC1CCCO. The second-order valence-corrected chi connectivity index (χ2v) is 6.06. The van der Waals surface area contributed by atoms with Crippen molar-refractivity contribution in [1.29, 1.82) is 0 Å². The van der Waals surface area contributed by atoms with E-state index >= 15 is 0 Å².